The highest BCUT2D eigenvalue weighted by Gasteiger charge is 2.21. The fraction of sp³-hybridized carbons (Fsp3) is 0.0714. The smallest absolute Gasteiger partial charge is 0.318 e. The molecule has 0 aliphatic heterocycles. The van der Waals surface area contributed by atoms with Crippen molar-refractivity contribution in [1.82, 2.24) is 9.99 Å². The normalized spacial score (nSPS) is 11.2. The molecule has 2 heterocycles. The number of benzene rings is 3. The molecule has 41 heavy (non-hydrogen) atoms. The molecule has 1 N–H and O–H groups in total. The number of non-ortho nitro benzene ring substituents is 1. The van der Waals surface area contributed by atoms with Crippen LogP contribution < -0.4 is 10.2 Å². The molecule has 13 heteroatoms. The second-order valence-electron chi connectivity index (χ2n) is 8.92. The Kier molecular flexibility index (Phi) is 7.36. The number of aromatic nitrogens is 1. The Bertz CT molecular complexity index is 1860. The van der Waals surface area contributed by atoms with Gasteiger partial charge in [-0.2, -0.15) is 5.10 Å². The van der Waals surface area contributed by atoms with Gasteiger partial charge >= 0.3 is 11.6 Å². The summed E-state index contributed by atoms with van der Waals surface area (Å²) >= 11 is 3.39. The minimum Gasteiger partial charge on any atom is -0.451 e. The molecule has 1 amide bonds. The van der Waals surface area contributed by atoms with Crippen molar-refractivity contribution in [3.05, 3.63) is 120 Å². The molecule has 0 spiro atoms. The van der Waals surface area contributed by atoms with E-state index in [1.165, 1.54) is 6.07 Å². The summed E-state index contributed by atoms with van der Waals surface area (Å²) in [4.78, 5) is 33.4. The third kappa shape index (κ3) is 5.70. The van der Waals surface area contributed by atoms with Crippen LogP contribution >= 0.6 is 15.9 Å². The molecule has 0 unspecified atom stereocenters. The van der Waals surface area contributed by atoms with E-state index < -0.39 is 27.1 Å². The van der Waals surface area contributed by atoms with Crippen LogP contribution in [0.4, 0.5) is 11.4 Å². The van der Waals surface area contributed by atoms with Gasteiger partial charge in [0.1, 0.15) is 11.3 Å². The standard InChI is InChI=1S/C28H20BrN5O7/c1-16-11-19(15-30-31-28(35)27-13-18-12-20(29)3-9-25(18)41-27)17(2)32(16)21-4-7-23(8-5-21)40-26-10-6-22(33(36)37)14-24(26)34(38)39/h3-15H,1-2H3,(H,31,35)/b30-15+. The monoisotopic (exact) mass is 617 g/mol. The molecule has 0 bridgehead atoms. The largest absolute Gasteiger partial charge is 0.451 e. The average molecular weight is 618 g/mol. The van der Waals surface area contributed by atoms with Crippen molar-refractivity contribution in [2.45, 2.75) is 13.8 Å². The van der Waals surface area contributed by atoms with Crippen LogP contribution in [-0.2, 0) is 0 Å². The molecular formula is C28H20BrN5O7. The SMILES string of the molecule is Cc1cc(/C=N/NC(=O)c2cc3cc(Br)ccc3o2)c(C)n1-c1ccc(Oc2ccc([N+](=O)[O-])cc2[N+](=O)[O-])cc1. The minimum absolute atomic E-state index is 0.113. The van der Waals surface area contributed by atoms with Crippen LogP contribution in [0.2, 0.25) is 0 Å². The van der Waals surface area contributed by atoms with Crippen molar-refractivity contribution in [3.8, 4) is 17.2 Å². The molecule has 5 aromatic rings. The maximum Gasteiger partial charge on any atom is 0.318 e. The zero-order valence-electron chi connectivity index (χ0n) is 21.5. The van der Waals surface area contributed by atoms with Crippen molar-refractivity contribution in [1.29, 1.82) is 0 Å². The van der Waals surface area contributed by atoms with Crippen LogP contribution in [0.5, 0.6) is 11.5 Å². The van der Waals surface area contributed by atoms with Gasteiger partial charge in [-0.25, -0.2) is 5.43 Å². The number of hydrazone groups is 1. The molecular weight excluding hydrogens is 598 g/mol. The molecule has 0 saturated heterocycles. The number of fused-ring (bicyclic) bond motifs is 1. The Balaban J connectivity index is 1.30. The van der Waals surface area contributed by atoms with Crippen LogP contribution in [0.25, 0.3) is 16.7 Å². The highest BCUT2D eigenvalue weighted by Crippen LogP contribution is 2.35. The van der Waals surface area contributed by atoms with E-state index in [0.29, 0.717) is 11.3 Å². The van der Waals surface area contributed by atoms with Gasteiger partial charge in [0.25, 0.3) is 5.69 Å². The molecule has 0 fully saturated rings. The minimum atomic E-state index is -0.732. The Morgan fingerprint density at radius 1 is 1.00 bits per heavy atom. The van der Waals surface area contributed by atoms with Crippen LogP contribution in [0.1, 0.15) is 27.5 Å². The van der Waals surface area contributed by atoms with Crippen molar-refractivity contribution in [2.75, 3.05) is 0 Å². The van der Waals surface area contributed by atoms with Crippen molar-refractivity contribution in [2.24, 2.45) is 5.10 Å². The molecule has 0 aliphatic carbocycles. The number of halogens is 1. The number of hydrogen-bond donors (Lipinski definition) is 1. The van der Waals surface area contributed by atoms with E-state index in [0.717, 1.165) is 44.6 Å². The van der Waals surface area contributed by atoms with Gasteiger partial charge in [-0.15, -0.1) is 0 Å². The molecule has 0 atom stereocenters. The Morgan fingerprint density at radius 2 is 1.76 bits per heavy atom. The lowest BCUT2D eigenvalue weighted by Crippen LogP contribution is -2.16. The summed E-state index contributed by atoms with van der Waals surface area (Å²) in [6, 6.07) is 19.0. The van der Waals surface area contributed by atoms with E-state index in [2.05, 4.69) is 26.5 Å². The third-order valence-electron chi connectivity index (χ3n) is 6.21. The average Bonchev–Trinajstić information content (AvgIpc) is 3.48. The van der Waals surface area contributed by atoms with Gasteiger partial charge in [-0.05, 0) is 74.5 Å². The molecule has 2 aromatic heterocycles. The number of nitro benzene ring substituents is 2. The first kappa shape index (κ1) is 27.3. The lowest BCUT2D eigenvalue weighted by atomic mass is 10.2. The first-order valence-electron chi connectivity index (χ1n) is 12.0. The quantitative estimate of drug-likeness (QED) is 0.112. The summed E-state index contributed by atoms with van der Waals surface area (Å²) in [7, 11) is 0. The summed E-state index contributed by atoms with van der Waals surface area (Å²) in [6.45, 7) is 3.82. The summed E-state index contributed by atoms with van der Waals surface area (Å²) in [5, 5.41) is 27.2. The Morgan fingerprint density at radius 3 is 2.46 bits per heavy atom. The van der Waals surface area contributed by atoms with Crippen molar-refractivity contribution >= 4 is 50.4 Å². The third-order valence-corrected chi connectivity index (χ3v) is 6.71. The Hall–Kier alpha value is -5.30. The molecule has 5 rings (SSSR count). The summed E-state index contributed by atoms with van der Waals surface area (Å²) in [6.07, 6.45) is 1.54. The van der Waals surface area contributed by atoms with E-state index in [-0.39, 0.29) is 11.5 Å². The van der Waals surface area contributed by atoms with E-state index >= 15 is 0 Å². The van der Waals surface area contributed by atoms with Crippen LogP contribution in [0.3, 0.4) is 0 Å². The predicted octanol–water partition coefficient (Wildman–Crippen LogP) is 6.98. The van der Waals surface area contributed by atoms with Crippen molar-refractivity contribution in [3.63, 3.8) is 0 Å². The number of nitro groups is 2. The second kappa shape index (κ2) is 11.1. The molecule has 12 nitrogen and oxygen atoms in total. The van der Waals surface area contributed by atoms with E-state index in [1.807, 2.05) is 36.6 Å². The number of aryl methyl sites for hydroxylation is 1. The number of hydrogen-bond acceptors (Lipinski definition) is 8. The topological polar surface area (TPSA) is 155 Å². The van der Waals surface area contributed by atoms with E-state index in [4.69, 9.17) is 9.15 Å². The first-order valence-corrected chi connectivity index (χ1v) is 12.8. The molecule has 0 aliphatic rings. The zero-order chi connectivity index (χ0) is 29.3. The van der Waals surface area contributed by atoms with Crippen LogP contribution in [-0.4, -0.2) is 26.5 Å². The number of carbonyl (C=O) groups is 1. The first-order chi connectivity index (χ1) is 19.6. The lowest BCUT2D eigenvalue weighted by Gasteiger charge is -2.11. The number of amides is 1. The molecule has 206 valence electrons. The van der Waals surface area contributed by atoms with E-state index in [1.54, 1.807) is 42.6 Å². The van der Waals surface area contributed by atoms with Gasteiger partial charge in [0.2, 0.25) is 5.75 Å². The maximum absolute atomic E-state index is 12.5. The fourth-order valence-electron chi connectivity index (χ4n) is 4.30. The van der Waals surface area contributed by atoms with Gasteiger partial charge in [0.15, 0.2) is 5.76 Å². The summed E-state index contributed by atoms with van der Waals surface area (Å²) in [5.41, 5.74) is 5.49. The summed E-state index contributed by atoms with van der Waals surface area (Å²) in [5.74, 6) is -0.137. The highest BCUT2D eigenvalue weighted by molar-refractivity contribution is 9.10. The molecule has 0 radical (unpaired) electrons. The number of furan rings is 1. The van der Waals surface area contributed by atoms with Crippen LogP contribution in [0.15, 0.2) is 86.8 Å². The number of nitrogens with zero attached hydrogens (tertiary/aromatic N) is 4. The predicted molar refractivity (Wildman–Crippen MR) is 154 cm³/mol. The van der Waals surface area contributed by atoms with Gasteiger partial charge in [-0.1, -0.05) is 15.9 Å². The van der Waals surface area contributed by atoms with E-state index in [9.17, 15) is 25.0 Å². The van der Waals surface area contributed by atoms with Gasteiger partial charge < -0.3 is 13.7 Å². The zero-order valence-corrected chi connectivity index (χ0v) is 23.1. The highest BCUT2D eigenvalue weighted by atomic mass is 79.9. The number of nitrogens with one attached hydrogen (secondary N) is 1. The number of carbonyl (C=O) groups excluding carboxylic acids is 1. The van der Waals surface area contributed by atoms with Gasteiger partial charge in [-0.3, -0.25) is 25.0 Å². The Labute approximate surface area is 240 Å². The summed E-state index contributed by atoms with van der Waals surface area (Å²) < 4.78 is 14.1. The van der Waals surface area contributed by atoms with Gasteiger partial charge in [0.05, 0.1) is 22.1 Å². The lowest BCUT2D eigenvalue weighted by molar-refractivity contribution is -0.394. The second-order valence-corrected chi connectivity index (χ2v) is 9.83. The molecule has 0 saturated carbocycles. The maximum atomic E-state index is 12.5. The van der Waals surface area contributed by atoms with Crippen LogP contribution in [0, 0.1) is 34.1 Å². The number of ether oxygens (including phenoxy) is 1. The number of rotatable bonds is 8. The van der Waals surface area contributed by atoms with Crippen molar-refractivity contribution < 1.29 is 23.8 Å². The van der Waals surface area contributed by atoms with Gasteiger partial charge in [0, 0.05) is 38.6 Å². The molecule has 3 aromatic carbocycles. The fourth-order valence-corrected chi connectivity index (χ4v) is 4.67.